The predicted octanol–water partition coefficient (Wildman–Crippen LogP) is 13.8. The molecule has 0 radical (unpaired) electrons. The van der Waals surface area contributed by atoms with Gasteiger partial charge < -0.3 is 4.42 Å². The van der Waals surface area contributed by atoms with E-state index in [4.69, 9.17) is 4.42 Å². The first-order chi connectivity index (χ1) is 24.3. The monoisotopic (exact) mass is 620 g/mol. The van der Waals surface area contributed by atoms with E-state index < -0.39 is 0 Å². The molecular formula is C48H28O. The molecule has 0 saturated heterocycles. The standard InChI is InChI=1S/C48H28O/c1-2-15-33-29(11-1)25-26-36-34(20-9-21-35(33)36)30-12-7-13-31(27-30)45-37-16-3-5-18-39(37)47(40-19-6-4-17-38(40)45)42-28-32-14-8-23-43-46(32)48-41(42)22-10-24-44(48)49-43/h1-28H. The van der Waals surface area contributed by atoms with Gasteiger partial charge in [-0.2, -0.15) is 0 Å². The van der Waals surface area contributed by atoms with Gasteiger partial charge in [0.05, 0.1) is 0 Å². The van der Waals surface area contributed by atoms with E-state index in [0.717, 1.165) is 11.2 Å². The van der Waals surface area contributed by atoms with Gasteiger partial charge in [-0.1, -0.05) is 146 Å². The second-order valence-electron chi connectivity index (χ2n) is 13.2. The van der Waals surface area contributed by atoms with Crippen LogP contribution in [0.4, 0.5) is 0 Å². The zero-order valence-electron chi connectivity index (χ0n) is 26.6. The van der Waals surface area contributed by atoms with Crippen molar-refractivity contribution in [3.63, 3.8) is 0 Å². The number of fused-ring (bicyclic) bond motifs is 5. The quantitative estimate of drug-likeness (QED) is 0.141. The zero-order chi connectivity index (χ0) is 32.1. The Hall–Kier alpha value is -6.44. The van der Waals surface area contributed by atoms with E-state index in [2.05, 4.69) is 170 Å². The molecule has 10 aromatic carbocycles. The highest BCUT2D eigenvalue weighted by Crippen LogP contribution is 2.48. The van der Waals surface area contributed by atoms with Gasteiger partial charge in [0.2, 0.25) is 0 Å². The maximum absolute atomic E-state index is 6.35. The summed E-state index contributed by atoms with van der Waals surface area (Å²) in [6.07, 6.45) is 0. The molecule has 0 fully saturated rings. The van der Waals surface area contributed by atoms with E-state index in [1.807, 2.05) is 0 Å². The first kappa shape index (κ1) is 26.6. The van der Waals surface area contributed by atoms with E-state index in [9.17, 15) is 0 Å². The number of rotatable bonds is 3. The zero-order valence-corrected chi connectivity index (χ0v) is 26.6. The van der Waals surface area contributed by atoms with Crippen molar-refractivity contribution in [1.82, 2.24) is 0 Å². The van der Waals surface area contributed by atoms with Crippen molar-refractivity contribution in [2.24, 2.45) is 0 Å². The van der Waals surface area contributed by atoms with Crippen LogP contribution in [0.5, 0.6) is 0 Å². The van der Waals surface area contributed by atoms with Gasteiger partial charge >= 0.3 is 0 Å². The maximum atomic E-state index is 6.35. The maximum Gasteiger partial charge on any atom is 0.136 e. The SMILES string of the molecule is c1cc(-c2c3ccccc3c(-c3cc4cccc5oc6cccc3c6c45)c3ccccc23)cc(-c2cccc3c2ccc2ccccc23)c1. The summed E-state index contributed by atoms with van der Waals surface area (Å²) >= 11 is 0. The first-order valence-corrected chi connectivity index (χ1v) is 16.9. The Morgan fingerprint density at radius 3 is 1.65 bits per heavy atom. The van der Waals surface area contributed by atoms with Gasteiger partial charge in [0.15, 0.2) is 0 Å². The Morgan fingerprint density at radius 1 is 0.286 bits per heavy atom. The molecule has 0 aliphatic carbocycles. The smallest absolute Gasteiger partial charge is 0.136 e. The summed E-state index contributed by atoms with van der Waals surface area (Å²) in [6, 6.07) is 62.2. The van der Waals surface area contributed by atoms with Crippen LogP contribution < -0.4 is 0 Å². The summed E-state index contributed by atoms with van der Waals surface area (Å²) in [4.78, 5) is 0. The number of hydrogen-bond acceptors (Lipinski definition) is 1. The van der Waals surface area contributed by atoms with E-state index in [1.165, 1.54) is 98.0 Å². The van der Waals surface area contributed by atoms with Gasteiger partial charge in [0.1, 0.15) is 11.2 Å². The molecule has 0 amide bonds. The molecule has 11 rings (SSSR count). The van der Waals surface area contributed by atoms with Crippen molar-refractivity contribution >= 4 is 75.8 Å². The van der Waals surface area contributed by atoms with Crippen molar-refractivity contribution < 1.29 is 4.42 Å². The minimum Gasteiger partial charge on any atom is -0.456 e. The Kier molecular flexibility index (Phi) is 5.45. The van der Waals surface area contributed by atoms with Gasteiger partial charge in [0.25, 0.3) is 0 Å². The first-order valence-electron chi connectivity index (χ1n) is 16.9. The molecular weight excluding hydrogens is 593 g/mol. The molecule has 0 bridgehead atoms. The molecule has 0 saturated carbocycles. The number of benzene rings is 10. The van der Waals surface area contributed by atoms with E-state index in [-0.39, 0.29) is 0 Å². The summed E-state index contributed by atoms with van der Waals surface area (Å²) in [5.41, 5.74) is 9.34. The van der Waals surface area contributed by atoms with Gasteiger partial charge in [-0.15, -0.1) is 0 Å². The molecule has 1 heteroatoms. The number of furan rings is 1. The van der Waals surface area contributed by atoms with Crippen LogP contribution in [0.15, 0.2) is 174 Å². The largest absolute Gasteiger partial charge is 0.456 e. The Morgan fingerprint density at radius 2 is 0.857 bits per heavy atom. The molecule has 1 heterocycles. The van der Waals surface area contributed by atoms with Gasteiger partial charge in [0, 0.05) is 10.8 Å². The summed E-state index contributed by atoms with van der Waals surface area (Å²) in [5, 5.41) is 15.0. The van der Waals surface area contributed by atoms with Crippen molar-refractivity contribution in [3.05, 3.63) is 170 Å². The van der Waals surface area contributed by atoms with Crippen molar-refractivity contribution in [1.29, 1.82) is 0 Å². The Bertz CT molecular complexity index is 3050. The van der Waals surface area contributed by atoms with E-state index in [0.29, 0.717) is 0 Å². The van der Waals surface area contributed by atoms with Crippen molar-refractivity contribution in [2.45, 2.75) is 0 Å². The van der Waals surface area contributed by atoms with Gasteiger partial charge in [-0.25, -0.2) is 0 Å². The van der Waals surface area contributed by atoms with Crippen molar-refractivity contribution in [2.75, 3.05) is 0 Å². The summed E-state index contributed by atoms with van der Waals surface area (Å²) in [5.74, 6) is 0. The lowest BCUT2D eigenvalue weighted by Gasteiger charge is -2.19. The lowest BCUT2D eigenvalue weighted by molar-refractivity contribution is 0.669. The van der Waals surface area contributed by atoms with Crippen LogP contribution in [0.3, 0.4) is 0 Å². The summed E-state index contributed by atoms with van der Waals surface area (Å²) in [6.45, 7) is 0. The predicted molar refractivity (Wildman–Crippen MR) is 209 cm³/mol. The van der Waals surface area contributed by atoms with Crippen LogP contribution in [-0.4, -0.2) is 0 Å². The third kappa shape index (κ3) is 3.76. The Labute approximate surface area is 282 Å². The molecule has 1 aromatic heterocycles. The normalized spacial score (nSPS) is 12.1. The fourth-order valence-corrected chi connectivity index (χ4v) is 8.54. The molecule has 0 unspecified atom stereocenters. The van der Waals surface area contributed by atoms with Crippen LogP contribution in [0.1, 0.15) is 0 Å². The molecule has 0 aliphatic rings. The molecule has 11 aromatic rings. The molecule has 49 heavy (non-hydrogen) atoms. The average molecular weight is 621 g/mol. The van der Waals surface area contributed by atoms with E-state index >= 15 is 0 Å². The third-order valence-electron chi connectivity index (χ3n) is 10.6. The summed E-state index contributed by atoms with van der Waals surface area (Å²) < 4.78 is 6.35. The summed E-state index contributed by atoms with van der Waals surface area (Å²) in [7, 11) is 0. The van der Waals surface area contributed by atoms with Crippen LogP contribution in [-0.2, 0) is 0 Å². The van der Waals surface area contributed by atoms with Crippen LogP contribution in [0.2, 0.25) is 0 Å². The highest BCUT2D eigenvalue weighted by molar-refractivity contribution is 6.29. The van der Waals surface area contributed by atoms with Crippen LogP contribution >= 0.6 is 0 Å². The van der Waals surface area contributed by atoms with Gasteiger partial charge in [-0.05, 0) is 112 Å². The second-order valence-corrected chi connectivity index (χ2v) is 13.2. The third-order valence-corrected chi connectivity index (χ3v) is 10.6. The minimum atomic E-state index is 0.939. The topological polar surface area (TPSA) is 13.1 Å². The molecule has 0 spiro atoms. The fourth-order valence-electron chi connectivity index (χ4n) is 8.54. The van der Waals surface area contributed by atoms with Gasteiger partial charge in [-0.3, -0.25) is 0 Å². The van der Waals surface area contributed by atoms with Crippen LogP contribution in [0.25, 0.3) is 109 Å². The van der Waals surface area contributed by atoms with E-state index in [1.54, 1.807) is 0 Å². The molecule has 1 nitrogen and oxygen atoms in total. The lowest BCUT2D eigenvalue weighted by atomic mass is 9.83. The fraction of sp³-hybridized carbons (Fsp3) is 0. The molecule has 0 N–H and O–H groups in total. The number of hydrogen-bond donors (Lipinski definition) is 0. The molecule has 226 valence electrons. The second kappa shape index (κ2) is 10.0. The van der Waals surface area contributed by atoms with Crippen LogP contribution in [0, 0.1) is 0 Å². The average Bonchev–Trinajstić information content (AvgIpc) is 3.56. The molecule has 0 aliphatic heterocycles. The Balaban J connectivity index is 1.20. The minimum absolute atomic E-state index is 0.939. The lowest BCUT2D eigenvalue weighted by Crippen LogP contribution is -1.92. The van der Waals surface area contributed by atoms with Crippen molar-refractivity contribution in [3.8, 4) is 33.4 Å². The molecule has 0 atom stereocenters. The highest BCUT2D eigenvalue weighted by atomic mass is 16.3. The highest BCUT2D eigenvalue weighted by Gasteiger charge is 2.21.